The van der Waals surface area contributed by atoms with Gasteiger partial charge in [0.1, 0.15) is 0 Å². The SMILES string of the molecule is COc1cc(C(C)=NN2CCN(Cc3ccccc3)CC2)ccc1O. The Morgan fingerprint density at radius 2 is 1.80 bits per heavy atom. The summed E-state index contributed by atoms with van der Waals surface area (Å²) in [6.45, 7) is 6.82. The molecule has 2 aromatic rings. The molecule has 0 unspecified atom stereocenters. The van der Waals surface area contributed by atoms with Crippen LogP contribution in [0.4, 0.5) is 0 Å². The van der Waals surface area contributed by atoms with Gasteiger partial charge in [-0.2, -0.15) is 5.10 Å². The average Bonchev–Trinajstić information content (AvgIpc) is 2.64. The topological polar surface area (TPSA) is 48.3 Å². The van der Waals surface area contributed by atoms with Crippen LogP contribution in [0.25, 0.3) is 0 Å². The zero-order chi connectivity index (χ0) is 17.6. The third-order valence-electron chi connectivity index (χ3n) is 4.49. The number of methoxy groups -OCH3 is 1. The Morgan fingerprint density at radius 1 is 1.08 bits per heavy atom. The summed E-state index contributed by atoms with van der Waals surface area (Å²) in [5.41, 5.74) is 3.24. The molecule has 1 N–H and O–H groups in total. The Kier molecular flexibility index (Phi) is 5.56. The molecule has 5 heteroatoms. The van der Waals surface area contributed by atoms with Crippen molar-refractivity contribution >= 4 is 5.71 Å². The highest BCUT2D eigenvalue weighted by atomic mass is 16.5. The molecule has 1 fully saturated rings. The lowest BCUT2D eigenvalue weighted by molar-refractivity contribution is 0.130. The smallest absolute Gasteiger partial charge is 0.161 e. The number of rotatable bonds is 5. The number of hydrogen-bond donors (Lipinski definition) is 1. The van der Waals surface area contributed by atoms with Gasteiger partial charge in [0.25, 0.3) is 0 Å². The van der Waals surface area contributed by atoms with Gasteiger partial charge in [-0.25, -0.2) is 0 Å². The molecule has 0 aromatic heterocycles. The third kappa shape index (κ3) is 4.51. The molecule has 25 heavy (non-hydrogen) atoms. The normalized spacial score (nSPS) is 16.1. The lowest BCUT2D eigenvalue weighted by Crippen LogP contribution is -2.43. The molecule has 132 valence electrons. The number of ether oxygens (including phenoxy) is 1. The summed E-state index contributed by atoms with van der Waals surface area (Å²) in [5, 5.41) is 16.6. The van der Waals surface area contributed by atoms with Gasteiger partial charge in [-0.15, -0.1) is 0 Å². The van der Waals surface area contributed by atoms with E-state index in [4.69, 9.17) is 9.84 Å². The van der Waals surface area contributed by atoms with Crippen molar-refractivity contribution in [2.24, 2.45) is 5.10 Å². The molecule has 2 aromatic carbocycles. The zero-order valence-electron chi connectivity index (χ0n) is 14.9. The molecule has 0 atom stereocenters. The fourth-order valence-electron chi connectivity index (χ4n) is 3.01. The average molecular weight is 339 g/mol. The molecule has 0 radical (unpaired) electrons. The number of benzene rings is 2. The molecule has 1 aliphatic rings. The minimum absolute atomic E-state index is 0.147. The van der Waals surface area contributed by atoms with Gasteiger partial charge in [-0.1, -0.05) is 30.3 Å². The summed E-state index contributed by atoms with van der Waals surface area (Å²) >= 11 is 0. The van der Waals surface area contributed by atoms with E-state index in [1.54, 1.807) is 13.2 Å². The van der Waals surface area contributed by atoms with Crippen LogP contribution < -0.4 is 4.74 Å². The first-order valence-corrected chi connectivity index (χ1v) is 8.59. The van der Waals surface area contributed by atoms with Crippen molar-refractivity contribution in [1.82, 2.24) is 9.91 Å². The molecule has 0 saturated carbocycles. The Labute approximate surface area is 149 Å². The lowest BCUT2D eigenvalue weighted by Gasteiger charge is -2.33. The number of hydrazone groups is 1. The van der Waals surface area contributed by atoms with Crippen LogP contribution in [0.3, 0.4) is 0 Å². The van der Waals surface area contributed by atoms with E-state index in [2.05, 4.69) is 40.2 Å². The Bertz CT molecular complexity index is 723. The van der Waals surface area contributed by atoms with E-state index < -0.39 is 0 Å². The minimum atomic E-state index is 0.147. The molecular weight excluding hydrogens is 314 g/mol. The van der Waals surface area contributed by atoms with Crippen LogP contribution in [-0.2, 0) is 6.54 Å². The predicted molar refractivity (Wildman–Crippen MR) is 100 cm³/mol. The summed E-state index contributed by atoms with van der Waals surface area (Å²) in [4.78, 5) is 2.46. The maximum atomic E-state index is 9.71. The van der Waals surface area contributed by atoms with Crippen LogP contribution in [0.5, 0.6) is 11.5 Å². The van der Waals surface area contributed by atoms with Gasteiger partial charge in [-0.3, -0.25) is 9.91 Å². The molecule has 3 rings (SSSR count). The summed E-state index contributed by atoms with van der Waals surface area (Å²) in [6.07, 6.45) is 0. The van der Waals surface area contributed by atoms with Gasteiger partial charge in [0.2, 0.25) is 0 Å². The highest BCUT2D eigenvalue weighted by molar-refractivity contribution is 5.99. The fourth-order valence-corrected chi connectivity index (χ4v) is 3.01. The van der Waals surface area contributed by atoms with E-state index in [1.165, 1.54) is 5.56 Å². The quantitative estimate of drug-likeness (QED) is 0.851. The van der Waals surface area contributed by atoms with Crippen molar-refractivity contribution in [3.63, 3.8) is 0 Å². The van der Waals surface area contributed by atoms with Crippen molar-refractivity contribution in [3.8, 4) is 11.5 Å². The molecule has 1 aliphatic heterocycles. The van der Waals surface area contributed by atoms with Crippen LogP contribution in [0.15, 0.2) is 53.6 Å². The number of piperazine rings is 1. The maximum Gasteiger partial charge on any atom is 0.161 e. The first-order valence-electron chi connectivity index (χ1n) is 8.59. The first kappa shape index (κ1) is 17.3. The standard InChI is InChI=1S/C20H25N3O2/c1-16(18-8-9-19(24)20(14-18)25-2)21-23-12-10-22(11-13-23)15-17-6-4-3-5-7-17/h3-9,14,24H,10-13,15H2,1-2H3. The Balaban J connectivity index is 1.58. The molecule has 1 heterocycles. The molecular formula is C20H25N3O2. The molecule has 0 bridgehead atoms. The van der Waals surface area contributed by atoms with Crippen LogP contribution in [0.2, 0.25) is 0 Å². The van der Waals surface area contributed by atoms with Crippen molar-refractivity contribution in [2.75, 3.05) is 33.3 Å². The van der Waals surface area contributed by atoms with E-state index in [0.29, 0.717) is 5.75 Å². The number of phenolic OH excluding ortho intramolecular Hbond substituents is 1. The highest BCUT2D eigenvalue weighted by Gasteiger charge is 2.16. The van der Waals surface area contributed by atoms with Crippen LogP contribution in [-0.4, -0.2) is 54.0 Å². The second kappa shape index (κ2) is 8.03. The van der Waals surface area contributed by atoms with E-state index in [1.807, 2.05) is 19.1 Å². The van der Waals surface area contributed by atoms with Gasteiger partial charge in [0, 0.05) is 38.3 Å². The monoisotopic (exact) mass is 339 g/mol. The summed E-state index contributed by atoms with van der Waals surface area (Å²) in [6, 6.07) is 15.9. The van der Waals surface area contributed by atoms with Crippen LogP contribution >= 0.6 is 0 Å². The second-order valence-corrected chi connectivity index (χ2v) is 6.29. The predicted octanol–water partition coefficient (Wildman–Crippen LogP) is 2.94. The third-order valence-corrected chi connectivity index (χ3v) is 4.49. The van der Waals surface area contributed by atoms with E-state index in [-0.39, 0.29) is 5.75 Å². The van der Waals surface area contributed by atoms with E-state index >= 15 is 0 Å². The lowest BCUT2D eigenvalue weighted by atomic mass is 10.1. The van der Waals surface area contributed by atoms with Gasteiger partial charge >= 0.3 is 0 Å². The van der Waals surface area contributed by atoms with Gasteiger partial charge in [0.15, 0.2) is 11.5 Å². The molecule has 0 amide bonds. The molecule has 0 spiro atoms. The van der Waals surface area contributed by atoms with Crippen molar-refractivity contribution in [3.05, 3.63) is 59.7 Å². The van der Waals surface area contributed by atoms with Crippen molar-refractivity contribution in [2.45, 2.75) is 13.5 Å². The second-order valence-electron chi connectivity index (χ2n) is 6.29. The maximum absolute atomic E-state index is 9.71. The molecule has 5 nitrogen and oxygen atoms in total. The first-order chi connectivity index (χ1) is 12.2. The number of hydrogen-bond acceptors (Lipinski definition) is 5. The fraction of sp³-hybridized carbons (Fsp3) is 0.350. The van der Waals surface area contributed by atoms with Crippen LogP contribution in [0, 0.1) is 0 Å². The minimum Gasteiger partial charge on any atom is -0.504 e. The number of nitrogens with zero attached hydrogens (tertiary/aromatic N) is 3. The molecule has 0 aliphatic carbocycles. The van der Waals surface area contributed by atoms with Crippen LogP contribution in [0.1, 0.15) is 18.1 Å². The van der Waals surface area contributed by atoms with Gasteiger partial charge < -0.3 is 9.84 Å². The highest BCUT2D eigenvalue weighted by Crippen LogP contribution is 2.26. The van der Waals surface area contributed by atoms with Crippen molar-refractivity contribution < 1.29 is 9.84 Å². The number of aromatic hydroxyl groups is 1. The summed E-state index contributed by atoms with van der Waals surface area (Å²) < 4.78 is 5.17. The van der Waals surface area contributed by atoms with Gasteiger partial charge in [0.05, 0.1) is 12.8 Å². The van der Waals surface area contributed by atoms with Gasteiger partial charge in [-0.05, 0) is 30.7 Å². The Morgan fingerprint density at radius 3 is 2.48 bits per heavy atom. The largest absolute Gasteiger partial charge is 0.504 e. The van der Waals surface area contributed by atoms with E-state index in [9.17, 15) is 5.11 Å². The van der Waals surface area contributed by atoms with E-state index in [0.717, 1.165) is 44.0 Å². The number of phenols is 1. The summed E-state index contributed by atoms with van der Waals surface area (Å²) in [5.74, 6) is 0.619. The zero-order valence-corrected chi connectivity index (χ0v) is 14.9. The summed E-state index contributed by atoms with van der Waals surface area (Å²) in [7, 11) is 1.55. The van der Waals surface area contributed by atoms with Crippen molar-refractivity contribution in [1.29, 1.82) is 0 Å². The Hall–Kier alpha value is -2.53. The molecule has 1 saturated heterocycles.